The molecule has 0 saturated heterocycles. The molecule has 3 rings (SSSR count). The van der Waals surface area contributed by atoms with Gasteiger partial charge in [-0.2, -0.15) is 0 Å². The van der Waals surface area contributed by atoms with Crippen molar-refractivity contribution < 1.29 is 14.6 Å². The SMILES string of the molecule is CCC(C)(OC1=CC=C(C2(C3=CC=CCC3)CCCCC2)CC1)C(=O)O. The van der Waals surface area contributed by atoms with E-state index in [-0.39, 0.29) is 5.41 Å². The van der Waals surface area contributed by atoms with Crippen molar-refractivity contribution >= 4 is 5.97 Å². The van der Waals surface area contributed by atoms with Crippen molar-refractivity contribution in [2.45, 2.75) is 83.7 Å². The Hall–Kier alpha value is -1.77. The Balaban J connectivity index is 1.85. The number of carboxylic acid groups (broad SMARTS) is 1. The molecule has 0 heterocycles. The molecule has 0 amide bonds. The van der Waals surface area contributed by atoms with Crippen molar-refractivity contribution in [3.8, 4) is 0 Å². The molecule has 1 fully saturated rings. The highest BCUT2D eigenvalue weighted by Gasteiger charge is 2.40. The van der Waals surface area contributed by atoms with Crippen LogP contribution in [0.2, 0.25) is 0 Å². The zero-order chi connectivity index (χ0) is 18.6. The minimum Gasteiger partial charge on any atom is -0.480 e. The number of ether oxygens (including phenoxy) is 1. The molecule has 3 heteroatoms. The lowest BCUT2D eigenvalue weighted by molar-refractivity contribution is -0.159. The lowest BCUT2D eigenvalue weighted by Crippen LogP contribution is -2.37. The summed E-state index contributed by atoms with van der Waals surface area (Å²) in [6.45, 7) is 3.52. The van der Waals surface area contributed by atoms with Gasteiger partial charge >= 0.3 is 5.97 Å². The van der Waals surface area contributed by atoms with Crippen LogP contribution in [0, 0.1) is 5.41 Å². The summed E-state index contributed by atoms with van der Waals surface area (Å²) >= 11 is 0. The molecular formula is C23H32O3. The first kappa shape index (κ1) is 19.0. The molecule has 142 valence electrons. The minimum absolute atomic E-state index is 0.228. The molecule has 0 aromatic rings. The molecule has 0 spiro atoms. The van der Waals surface area contributed by atoms with Crippen LogP contribution in [0.4, 0.5) is 0 Å². The first-order valence-corrected chi connectivity index (χ1v) is 10.2. The Kier molecular flexibility index (Phi) is 5.74. The molecular weight excluding hydrogens is 324 g/mol. The Bertz CT molecular complexity index is 659. The van der Waals surface area contributed by atoms with E-state index < -0.39 is 11.6 Å². The van der Waals surface area contributed by atoms with Gasteiger partial charge < -0.3 is 9.84 Å². The topological polar surface area (TPSA) is 46.5 Å². The zero-order valence-electron chi connectivity index (χ0n) is 16.2. The molecule has 1 saturated carbocycles. The van der Waals surface area contributed by atoms with E-state index in [0.717, 1.165) is 25.0 Å². The van der Waals surface area contributed by atoms with Gasteiger partial charge in [0.05, 0.1) is 5.76 Å². The van der Waals surface area contributed by atoms with E-state index >= 15 is 0 Å². The van der Waals surface area contributed by atoms with Crippen LogP contribution < -0.4 is 0 Å². The standard InChI is InChI=1S/C23H32O3/c1-3-22(2,21(24)25)26-20-14-12-19(13-15-20)23(16-8-5-9-17-23)18-10-6-4-7-11-18/h4,6,10,12,14H,3,5,7-9,11,13,15-17H2,1-2H3,(H,24,25). The Morgan fingerprint density at radius 3 is 2.38 bits per heavy atom. The normalized spacial score (nSPS) is 24.8. The van der Waals surface area contributed by atoms with Crippen LogP contribution in [0.15, 0.2) is 47.3 Å². The van der Waals surface area contributed by atoms with Gasteiger partial charge in [0.15, 0.2) is 0 Å². The molecule has 0 aromatic heterocycles. The second kappa shape index (κ2) is 7.85. The number of hydrogen-bond acceptors (Lipinski definition) is 2. The van der Waals surface area contributed by atoms with E-state index in [2.05, 4.69) is 24.3 Å². The highest BCUT2D eigenvalue weighted by Crippen LogP contribution is 2.52. The summed E-state index contributed by atoms with van der Waals surface area (Å²) in [6.07, 6.45) is 22.1. The first-order chi connectivity index (χ1) is 12.5. The molecule has 26 heavy (non-hydrogen) atoms. The summed E-state index contributed by atoms with van der Waals surface area (Å²) in [5, 5.41) is 9.45. The largest absolute Gasteiger partial charge is 0.480 e. The van der Waals surface area contributed by atoms with Crippen molar-refractivity contribution in [2.24, 2.45) is 5.41 Å². The van der Waals surface area contributed by atoms with Crippen molar-refractivity contribution in [1.82, 2.24) is 0 Å². The molecule has 0 aromatic carbocycles. The van der Waals surface area contributed by atoms with Gasteiger partial charge in [0.1, 0.15) is 0 Å². The number of carbonyl (C=O) groups is 1. The molecule has 0 radical (unpaired) electrons. The van der Waals surface area contributed by atoms with E-state index in [1.807, 2.05) is 13.0 Å². The lowest BCUT2D eigenvalue weighted by atomic mass is 9.61. The van der Waals surface area contributed by atoms with Crippen LogP contribution >= 0.6 is 0 Å². The summed E-state index contributed by atoms with van der Waals surface area (Å²) in [7, 11) is 0. The first-order valence-electron chi connectivity index (χ1n) is 10.2. The fourth-order valence-electron chi connectivity index (χ4n) is 4.66. The summed E-state index contributed by atoms with van der Waals surface area (Å²) in [4.78, 5) is 11.5. The third-order valence-corrected chi connectivity index (χ3v) is 6.54. The predicted molar refractivity (Wildman–Crippen MR) is 105 cm³/mol. The summed E-state index contributed by atoms with van der Waals surface area (Å²) in [6, 6.07) is 0. The van der Waals surface area contributed by atoms with E-state index in [4.69, 9.17) is 4.74 Å². The number of rotatable bonds is 6. The molecule has 3 aliphatic carbocycles. The maximum absolute atomic E-state index is 11.5. The van der Waals surface area contributed by atoms with Crippen molar-refractivity contribution in [3.05, 3.63) is 47.3 Å². The van der Waals surface area contributed by atoms with Crippen LogP contribution in [0.25, 0.3) is 0 Å². The molecule has 3 aliphatic rings. The third-order valence-electron chi connectivity index (χ3n) is 6.54. The second-order valence-electron chi connectivity index (χ2n) is 8.12. The molecule has 0 bridgehead atoms. The molecule has 0 aliphatic heterocycles. The van der Waals surface area contributed by atoms with Crippen molar-refractivity contribution in [1.29, 1.82) is 0 Å². The van der Waals surface area contributed by atoms with Gasteiger partial charge in [-0.15, -0.1) is 0 Å². The average molecular weight is 357 g/mol. The van der Waals surface area contributed by atoms with Crippen molar-refractivity contribution in [3.63, 3.8) is 0 Å². The number of carboxylic acids is 1. The summed E-state index contributed by atoms with van der Waals surface area (Å²) < 4.78 is 5.89. The second-order valence-corrected chi connectivity index (χ2v) is 8.12. The number of allylic oxidation sites excluding steroid dienone is 8. The van der Waals surface area contributed by atoms with Crippen LogP contribution in [0.5, 0.6) is 0 Å². The number of aliphatic carboxylic acids is 1. The van der Waals surface area contributed by atoms with Gasteiger partial charge in [0, 0.05) is 11.8 Å². The van der Waals surface area contributed by atoms with Crippen molar-refractivity contribution in [2.75, 3.05) is 0 Å². The molecule has 3 nitrogen and oxygen atoms in total. The molecule has 1 atom stereocenters. The predicted octanol–water partition coefficient (Wildman–Crippen LogP) is 6.09. The van der Waals surface area contributed by atoms with E-state index in [0.29, 0.717) is 6.42 Å². The van der Waals surface area contributed by atoms with Gasteiger partial charge in [-0.3, -0.25) is 0 Å². The van der Waals surface area contributed by atoms with Gasteiger partial charge in [-0.1, -0.05) is 61.6 Å². The maximum atomic E-state index is 11.5. The van der Waals surface area contributed by atoms with Crippen LogP contribution in [-0.2, 0) is 9.53 Å². The highest BCUT2D eigenvalue weighted by molar-refractivity contribution is 5.77. The van der Waals surface area contributed by atoms with Crippen LogP contribution in [0.3, 0.4) is 0 Å². The van der Waals surface area contributed by atoms with Crippen LogP contribution in [-0.4, -0.2) is 16.7 Å². The minimum atomic E-state index is -1.13. The van der Waals surface area contributed by atoms with E-state index in [1.165, 1.54) is 44.1 Å². The summed E-state index contributed by atoms with van der Waals surface area (Å²) in [5.41, 5.74) is 2.23. The van der Waals surface area contributed by atoms with Gasteiger partial charge in [0.25, 0.3) is 0 Å². The maximum Gasteiger partial charge on any atom is 0.347 e. The third kappa shape index (κ3) is 3.67. The monoisotopic (exact) mass is 356 g/mol. The van der Waals surface area contributed by atoms with Gasteiger partial charge in [-0.25, -0.2) is 4.79 Å². The van der Waals surface area contributed by atoms with E-state index in [1.54, 1.807) is 12.5 Å². The van der Waals surface area contributed by atoms with Crippen LogP contribution in [0.1, 0.15) is 78.1 Å². The smallest absolute Gasteiger partial charge is 0.347 e. The highest BCUT2D eigenvalue weighted by atomic mass is 16.5. The fourth-order valence-corrected chi connectivity index (χ4v) is 4.66. The Labute approximate surface area is 157 Å². The lowest BCUT2D eigenvalue weighted by Gasteiger charge is -2.43. The zero-order valence-corrected chi connectivity index (χ0v) is 16.2. The Morgan fingerprint density at radius 1 is 1.12 bits per heavy atom. The Morgan fingerprint density at radius 2 is 1.85 bits per heavy atom. The van der Waals surface area contributed by atoms with E-state index in [9.17, 15) is 9.90 Å². The molecule has 1 unspecified atom stereocenters. The average Bonchev–Trinajstić information content (AvgIpc) is 2.69. The molecule has 1 N–H and O–H groups in total. The van der Waals surface area contributed by atoms with Gasteiger partial charge in [0.2, 0.25) is 5.60 Å². The van der Waals surface area contributed by atoms with Gasteiger partial charge in [-0.05, 0) is 51.5 Å². The quantitative estimate of drug-likeness (QED) is 0.626. The summed E-state index contributed by atoms with van der Waals surface area (Å²) in [5.74, 6) is -0.0810. The fraction of sp³-hybridized carbons (Fsp3) is 0.609. The number of hydrogen-bond donors (Lipinski definition) is 1.